The van der Waals surface area contributed by atoms with Crippen LogP contribution in [-0.2, 0) is 0 Å². The Balaban J connectivity index is 1.13. The van der Waals surface area contributed by atoms with Crippen LogP contribution in [0.4, 0.5) is 0 Å². The van der Waals surface area contributed by atoms with Crippen LogP contribution in [-0.4, -0.2) is 19.5 Å². The lowest BCUT2D eigenvalue weighted by molar-refractivity contribution is 1.08. The number of fused-ring (bicyclic) bond motifs is 9. The molecule has 9 aromatic carbocycles. The van der Waals surface area contributed by atoms with Gasteiger partial charge in [-0.25, -0.2) is 15.0 Å². The van der Waals surface area contributed by atoms with Crippen LogP contribution in [0.5, 0.6) is 0 Å². The number of benzene rings is 9. The van der Waals surface area contributed by atoms with Crippen LogP contribution in [0, 0.1) is 0 Å². The third-order valence-corrected chi connectivity index (χ3v) is 12.3. The van der Waals surface area contributed by atoms with Gasteiger partial charge in [0.1, 0.15) is 0 Å². The van der Waals surface area contributed by atoms with Gasteiger partial charge in [-0.1, -0.05) is 133 Å². The second-order valence-electron chi connectivity index (χ2n) is 14.4. The quantitative estimate of drug-likeness (QED) is 0.181. The maximum atomic E-state index is 5.32. The van der Waals surface area contributed by atoms with Crippen LogP contribution in [0.15, 0.2) is 182 Å². The number of hydrogen-bond donors (Lipinski definition) is 0. The summed E-state index contributed by atoms with van der Waals surface area (Å²) in [6.07, 6.45) is 0. The van der Waals surface area contributed by atoms with Crippen molar-refractivity contribution >= 4 is 85.6 Å². The summed E-state index contributed by atoms with van der Waals surface area (Å²) < 4.78 is 4.92. The summed E-state index contributed by atoms with van der Waals surface area (Å²) in [7, 11) is 0. The predicted molar refractivity (Wildman–Crippen MR) is 236 cm³/mol. The third-order valence-electron chi connectivity index (χ3n) is 11.2. The second-order valence-corrected chi connectivity index (χ2v) is 15.5. The van der Waals surface area contributed by atoms with E-state index in [1.165, 1.54) is 63.5 Å². The zero-order chi connectivity index (χ0) is 36.7. The summed E-state index contributed by atoms with van der Waals surface area (Å²) in [6, 6.07) is 65.1. The lowest BCUT2D eigenvalue weighted by Crippen LogP contribution is -2.02. The first-order chi connectivity index (χ1) is 27.7. The molecule has 5 heteroatoms. The fraction of sp³-hybridized carbons (Fsp3) is 0. The van der Waals surface area contributed by atoms with Crippen molar-refractivity contribution in [2.75, 3.05) is 0 Å². The van der Waals surface area contributed by atoms with Crippen molar-refractivity contribution < 1.29 is 0 Å². The van der Waals surface area contributed by atoms with Gasteiger partial charge in [0.15, 0.2) is 17.5 Å². The molecule has 0 aliphatic carbocycles. The van der Waals surface area contributed by atoms with E-state index in [-0.39, 0.29) is 0 Å². The zero-order valence-corrected chi connectivity index (χ0v) is 30.8. The molecule has 3 heterocycles. The van der Waals surface area contributed by atoms with Crippen LogP contribution < -0.4 is 0 Å². The minimum atomic E-state index is 0.646. The first kappa shape index (κ1) is 31.2. The molecule has 0 radical (unpaired) electrons. The molecule has 0 spiro atoms. The van der Waals surface area contributed by atoms with Crippen molar-refractivity contribution in [2.45, 2.75) is 0 Å². The molecule has 0 unspecified atom stereocenters. The summed E-state index contributed by atoms with van der Waals surface area (Å²) >= 11 is 1.80. The summed E-state index contributed by atoms with van der Waals surface area (Å²) in [4.78, 5) is 15.7. The Kier molecular flexibility index (Phi) is 6.76. The van der Waals surface area contributed by atoms with Gasteiger partial charge < -0.3 is 4.57 Å². The largest absolute Gasteiger partial charge is 0.309 e. The van der Waals surface area contributed by atoms with Gasteiger partial charge in [0.05, 0.1) is 16.7 Å². The molecule has 3 aromatic heterocycles. The Morgan fingerprint density at radius 1 is 0.357 bits per heavy atom. The molecule has 0 saturated carbocycles. The maximum absolute atomic E-state index is 5.32. The van der Waals surface area contributed by atoms with Gasteiger partial charge in [-0.3, -0.25) is 0 Å². The van der Waals surface area contributed by atoms with Crippen LogP contribution in [0.1, 0.15) is 0 Å². The summed E-state index contributed by atoms with van der Waals surface area (Å²) in [5, 5.41) is 12.0. The van der Waals surface area contributed by atoms with Gasteiger partial charge in [0, 0.05) is 53.0 Å². The van der Waals surface area contributed by atoms with E-state index in [1.807, 2.05) is 18.2 Å². The molecule has 0 atom stereocenters. The Bertz CT molecular complexity index is 3450. The Morgan fingerprint density at radius 3 is 1.59 bits per heavy atom. The predicted octanol–water partition coefficient (Wildman–Crippen LogP) is 13.8. The fourth-order valence-corrected chi connectivity index (χ4v) is 9.75. The Hall–Kier alpha value is -7.21. The lowest BCUT2D eigenvalue weighted by Gasteiger charge is -2.15. The minimum absolute atomic E-state index is 0.646. The van der Waals surface area contributed by atoms with Gasteiger partial charge in [-0.2, -0.15) is 0 Å². The van der Waals surface area contributed by atoms with Gasteiger partial charge in [-0.05, 0) is 75.5 Å². The molecule has 0 fully saturated rings. The van der Waals surface area contributed by atoms with E-state index in [4.69, 9.17) is 15.0 Å². The van der Waals surface area contributed by atoms with E-state index in [1.54, 1.807) is 11.3 Å². The summed E-state index contributed by atoms with van der Waals surface area (Å²) in [5.74, 6) is 1.96. The van der Waals surface area contributed by atoms with Crippen molar-refractivity contribution in [1.29, 1.82) is 0 Å². The zero-order valence-electron chi connectivity index (χ0n) is 30.0. The summed E-state index contributed by atoms with van der Waals surface area (Å²) in [5.41, 5.74) is 6.39. The van der Waals surface area contributed by atoms with Crippen LogP contribution >= 0.6 is 11.3 Å². The van der Waals surface area contributed by atoms with E-state index in [9.17, 15) is 0 Å². The average Bonchev–Trinajstić information content (AvgIpc) is 3.79. The van der Waals surface area contributed by atoms with Crippen molar-refractivity contribution in [3.8, 4) is 39.9 Å². The van der Waals surface area contributed by atoms with Gasteiger partial charge in [-0.15, -0.1) is 11.3 Å². The highest BCUT2D eigenvalue weighted by Gasteiger charge is 2.21. The normalized spacial score (nSPS) is 11.9. The first-order valence-electron chi connectivity index (χ1n) is 18.9. The van der Waals surface area contributed by atoms with Gasteiger partial charge in [0.25, 0.3) is 0 Å². The van der Waals surface area contributed by atoms with E-state index in [2.05, 4.69) is 168 Å². The van der Waals surface area contributed by atoms with E-state index in [0.717, 1.165) is 33.2 Å². The van der Waals surface area contributed by atoms with Crippen molar-refractivity contribution in [3.63, 3.8) is 0 Å². The highest BCUT2D eigenvalue weighted by molar-refractivity contribution is 7.25. The number of hydrogen-bond acceptors (Lipinski definition) is 4. The van der Waals surface area contributed by atoms with E-state index in [0.29, 0.717) is 17.5 Å². The maximum Gasteiger partial charge on any atom is 0.164 e. The molecule has 12 rings (SSSR count). The smallest absolute Gasteiger partial charge is 0.164 e. The highest BCUT2D eigenvalue weighted by Crippen LogP contribution is 2.42. The molecule has 260 valence electrons. The first-order valence-corrected chi connectivity index (χ1v) is 19.7. The lowest BCUT2D eigenvalue weighted by atomic mass is 10.0. The van der Waals surface area contributed by atoms with Crippen molar-refractivity contribution in [1.82, 2.24) is 19.5 Å². The molecule has 0 saturated heterocycles. The number of rotatable bonds is 4. The molecule has 56 heavy (non-hydrogen) atoms. The summed E-state index contributed by atoms with van der Waals surface area (Å²) in [6.45, 7) is 0. The monoisotopic (exact) mass is 730 g/mol. The number of aromatic nitrogens is 4. The highest BCUT2D eigenvalue weighted by atomic mass is 32.1. The fourth-order valence-electron chi connectivity index (χ4n) is 8.61. The Labute approximate surface area is 325 Å². The molecule has 0 bridgehead atoms. The van der Waals surface area contributed by atoms with Gasteiger partial charge >= 0.3 is 0 Å². The van der Waals surface area contributed by atoms with Crippen LogP contribution in [0.2, 0.25) is 0 Å². The van der Waals surface area contributed by atoms with Crippen LogP contribution in [0.25, 0.3) is 114 Å². The minimum Gasteiger partial charge on any atom is -0.309 e. The van der Waals surface area contributed by atoms with Crippen LogP contribution in [0.3, 0.4) is 0 Å². The molecule has 0 amide bonds. The molecular formula is C51H30N4S. The van der Waals surface area contributed by atoms with E-state index >= 15 is 0 Å². The SMILES string of the molecule is c1ccc(-c2nc(-c3ccc(-n4c5cc6ccccc6cc5c5cc6ccccc6cc54)c4ccccc34)nc(-c3cccc4sc5ccccc5c34)n2)cc1. The molecule has 4 nitrogen and oxygen atoms in total. The molecular weight excluding hydrogens is 701 g/mol. The third kappa shape index (κ3) is 4.75. The van der Waals surface area contributed by atoms with Crippen molar-refractivity contribution in [3.05, 3.63) is 182 Å². The Morgan fingerprint density at radius 2 is 0.893 bits per heavy atom. The molecule has 12 aromatic rings. The number of thiophene rings is 1. The number of nitrogens with zero attached hydrogens (tertiary/aromatic N) is 4. The van der Waals surface area contributed by atoms with Gasteiger partial charge in [0.2, 0.25) is 0 Å². The standard InChI is InChI=1S/C51H30N4S/c1-2-13-31(14-3-1)49-52-50(54-51(53-49)40-22-12-24-47-48(40)39-21-10-11-23-46(39)56-47)38-25-26-43(37-20-9-8-19-36(37)38)55-44-29-34-17-6-4-15-32(34)27-41(44)42-28-33-16-5-7-18-35(33)30-45(42)55/h1-30H. The second kappa shape index (κ2) is 12.2. The van der Waals surface area contributed by atoms with E-state index < -0.39 is 0 Å². The van der Waals surface area contributed by atoms with Crippen molar-refractivity contribution in [2.24, 2.45) is 0 Å². The average molecular weight is 731 g/mol. The molecule has 0 aliphatic rings. The molecule has 0 aliphatic heterocycles. The topological polar surface area (TPSA) is 43.6 Å². The molecule has 0 N–H and O–H groups in total.